The number of carbonyl (C=O) groups excluding carboxylic acids is 1. The molecule has 2 rings (SSSR count). The third kappa shape index (κ3) is 3.33. The highest BCUT2D eigenvalue weighted by atomic mass is 35.5. The highest BCUT2D eigenvalue weighted by molar-refractivity contribution is 7.16. The van der Waals surface area contributed by atoms with Gasteiger partial charge in [0.2, 0.25) is 0 Å². The number of nitrogens with zero attached hydrogens (tertiary/aromatic N) is 2. The number of carbonyl (C=O) groups is 1. The van der Waals surface area contributed by atoms with Crippen molar-refractivity contribution in [1.29, 1.82) is 5.26 Å². The molecule has 0 unspecified atom stereocenters. The summed E-state index contributed by atoms with van der Waals surface area (Å²) in [6.45, 7) is 3.82. The van der Waals surface area contributed by atoms with Crippen LogP contribution in [0.25, 0.3) is 0 Å². The summed E-state index contributed by atoms with van der Waals surface area (Å²) in [6.07, 6.45) is 0.688. The lowest BCUT2D eigenvalue weighted by atomic mass is 10.1. The van der Waals surface area contributed by atoms with E-state index >= 15 is 0 Å². The number of hydrogen-bond acceptors (Lipinski definition) is 5. The van der Waals surface area contributed by atoms with E-state index in [-0.39, 0.29) is 16.3 Å². The molecule has 2 aromatic rings. The summed E-state index contributed by atoms with van der Waals surface area (Å²) in [7, 11) is 0. The van der Waals surface area contributed by atoms with Crippen LogP contribution in [-0.4, -0.2) is 10.8 Å². The fraction of sp³-hybridized carbons (Fsp3) is 0.200. The van der Waals surface area contributed by atoms with Gasteiger partial charge in [0.1, 0.15) is 16.1 Å². The molecule has 0 radical (unpaired) electrons. The number of rotatable bonds is 4. The van der Waals surface area contributed by atoms with E-state index in [1.165, 1.54) is 23.5 Å². The van der Waals surface area contributed by atoms with Gasteiger partial charge in [0, 0.05) is 16.5 Å². The molecule has 0 fully saturated rings. The standard InChI is InChI=1S/C15H12ClN3O3S/c1-3-10-8(2)23-15(11(10)7-17)18-14(20)9-4-5-12(16)13(6-9)19(21)22/h4-6H,3H2,1-2H3,(H,18,20). The number of nitrogens with one attached hydrogen (secondary N) is 1. The van der Waals surface area contributed by atoms with Crippen molar-refractivity contribution >= 4 is 39.5 Å². The number of anilines is 1. The van der Waals surface area contributed by atoms with Gasteiger partial charge in [0.15, 0.2) is 0 Å². The molecule has 23 heavy (non-hydrogen) atoms. The smallest absolute Gasteiger partial charge is 0.288 e. The Hall–Kier alpha value is -2.43. The van der Waals surface area contributed by atoms with Gasteiger partial charge >= 0.3 is 0 Å². The lowest BCUT2D eigenvalue weighted by Crippen LogP contribution is -2.12. The van der Waals surface area contributed by atoms with Gasteiger partial charge < -0.3 is 5.32 Å². The van der Waals surface area contributed by atoms with Crippen molar-refractivity contribution < 1.29 is 9.72 Å². The number of nitriles is 1. The van der Waals surface area contributed by atoms with Crippen molar-refractivity contribution in [1.82, 2.24) is 0 Å². The predicted octanol–water partition coefficient (Wildman–Crippen LogP) is 4.30. The summed E-state index contributed by atoms with van der Waals surface area (Å²) in [4.78, 5) is 23.5. The predicted molar refractivity (Wildman–Crippen MR) is 89.2 cm³/mol. The number of benzene rings is 1. The SMILES string of the molecule is CCc1c(C)sc(NC(=O)c2ccc(Cl)c([N+](=O)[O-])c2)c1C#N. The molecule has 0 atom stereocenters. The van der Waals surface area contributed by atoms with Crippen LogP contribution in [0.1, 0.15) is 33.3 Å². The Morgan fingerprint density at radius 3 is 2.78 bits per heavy atom. The van der Waals surface area contributed by atoms with Crippen LogP contribution in [0.3, 0.4) is 0 Å². The summed E-state index contributed by atoms with van der Waals surface area (Å²) in [5, 5.41) is 23.2. The van der Waals surface area contributed by atoms with Crippen molar-refractivity contribution in [3.63, 3.8) is 0 Å². The largest absolute Gasteiger partial charge is 0.312 e. The van der Waals surface area contributed by atoms with Crippen LogP contribution in [0.4, 0.5) is 10.7 Å². The first kappa shape index (κ1) is 16.9. The Morgan fingerprint density at radius 1 is 1.52 bits per heavy atom. The third-order valence-corrected chi connectivity index (χ3v) is 4.69. The van der Waals surface area contributed by atoms with Crippen LogP contribution < -0.4 is 5.32 Å². The molecule has 0 aliphatic heterocycles. The summed E-state index contributed by atoms with van der Waals surface area (Å²) >= 11 is 7.04. The van der Waals surface area contributed by atoms with Crippen molar-refractivity contribution in [2.45, 2.75) is 20.3 Å². The van der Waals surface area contributed by atoms with Crippen molar-refractivity contribution in [3.8, 4) is 6.07 Å². The normalized spacial score (nSPS) is 10.2. The number of hydrogen-bond donors (Lipinski definition) is 1. The first-order valence-corrected chi connectivity index (χ1v) is 7.86. The number of nitro groups is 1. The van der Waals surface area contributed by atoms with Gasteiger partial charge in [0.25, 0.3) is 11.6 Å². The van der Waals surface area contributed by atoms with Crippen molar-refractivity contribution in [3.05, 3.63) is 54.9 Å². The molecule has 0 aliphatic rings. The van der Waals surface area contributed by atoms with E-state index in [0.29, 0.717) is 17.0 Å². The summed E-state index contributed by atoms with van der Waals surface area (Å²) in [6, 6.07) is 5.92. The van der Waals surface area contributed by atoms with Crippen LogP contribution in [-0.2, 0) is 6.42 Å². The highest BCUT2D eigenvalue weighted by Gasteiger charge is 2.19. The van der Waals surface area contributed by atoms with Gasteiger partial charge in [-0.2, -0.15) is 5.26 Å². The zero-order valence-electron chi connectivity index (χ0n) is 12.3. The lowest BCUT2D eigenvalue weighted by Gasteiger charge is -2.04. The van der Waals surface area contributed by atoms with E-state index in [2.05, 4.69) is 11.4 Å². The number of aryl methyl sites for hydroxylation is 1. The van der Waals surface area contributed by atoms with Crippen molar-refractivity contribution in [2.75, 3.05) is 5.32 Å². The second-order valence-electron chi connectivity index (χ2n) is 4.68. The molecule has 8 heteroatoms. The molecule has 1 aromatic carbocycles. The quantitative estimate of drug-likeness (QED) is 0.657. The molecule has 0 aliphatic carbocycles. The zero-order chi connectivity index (χ0) is 17.1. The molecule has 0 bridgehead atoms. The van der Waals surface area contributed by atoms with E-state index in [9.17, 15) is 20.2 Å². The summed E-state index contributed by atoms with van der Waals surface area (Å²) in [5.41, 5.74) is 1.10. The number of nitro benzene ring substituents is 1. The highest BCUT2D eigenvalue weighted by Crippen LogP contribution is 2.33. The van der Waals surface area contributed by atoms with Gasteiger partial charge in [-0.15, -0.1) is 11.3 Å². The van der Waals surface area contributed by atoms with Gasteiger partial charge in [-0.05, 0) is 31.0 Å². The molecule has 0 spiro atoms. The molecule has 6 nitrogen and oxygen atoms in total. The van der Waals surface area contributed by atoms with E-state index in [4.69, 9.17) is 11.6 Å². The van der Waals surface area contributed by atoms with E-state index in [1.54, 1.807) is 0 Å². The fourth-order valence-corrected chi connectivity index (χ4v) is 3.46. The van der Waals surface area contributed by atoms with Crippen LogP contribution in [0.5, 0.6) is 0 Å². The summed E-state index contributed by atoms with van der Waals surface area (Å²) in [5.74, 6) is -0.523. The Morgan fingerprint density at radius 2 is 2.22 bits per heavy atom. The number of halogens is 1. The van der Waals surface area contributed by atoms with Crippen LogP contribution in [0, 0.1) is 28.4 Å². The monoisotopic (exact) mass is 349 g/mol. The van der Waals surface area contributed by atoms with Crippen LogP contribution in [0.15, 0.2) is 18.2 Å². The topological polar surface area (TPSA) is 96.0 Å². The maximum absolute atomic E-state index is 12.3. The average Bonchev–Trinajstić information content (AvgIpc) is 2.81. The minimum absolute atomic E-state index is 0.0375. The van der Waals surface area contributed by atoms with Crippen molar-refractivity contribution in [2.24, 2.45) is 0 Å². The molecule has 1 N–H and O–H groups in total. The second kappa shape index (κ2) is 6.77. The molecule has 0 saturated heterocycles. The Kier molecular flexibility index (Phi) is 4.98. The van der Waals surface area contributed by atoms with E-state index in [0.717, 1.165) is 16.5 Å². The van der Waals surface area contributed by atoms with E-state index in [1.807, 2.05) is 13.8 Å². The maximum Gasteiger partial charge on any atom is 0.288 e. The van der Waals surface area contributed by atoms with Crippen LogP contribution >= 0.6 is 22.9 Å². The molecule has 1 aromatic heterocycles. The van der Waals surface area contributed by atoms with E-state index < -0.39 is 10.8 Å². The van der Waals surface area contributed by atoms with Gasteiger partial charge in [-0.25, -0.2) is 0 Å². The minimum atomic E-state index is -0.649. The maximum atomic E-state index is 12.3. The Labute approximate surface area is 141 Å². The Bertz CT molecular complexity index is 839. The molecular formula is C15H12ClN3O3S. The average molecular weight is 350 g/mol. The van der Waals surface area contributed by atoms with Crippen LogP contribution in [0.2, 0.25) is 5.02 Å². The van der Waals surface area contributed by atoms with Gasteiger partial charge in [0.05, 0.1) is 10.5 Å². The molecule has 0 saturated carbocycles. The molecule has 118 valence electrons. The Balaban J connectivity index is 2.36. The first-order chi connectivity index (χ1) is 10.9. The van der Waals surface area contributed by atoms with Gasteiger partial charge in [-0.1, -0.05) is 18.5 Å². The first-order valence-electron chi connectivity index (χ1n) is 6.66. The second-order valence-corrected chi connectivity index (χ2v) is 6.32. The number of thiophene rings is 1. The molecule has 1 amide bonds. The number of amides is 1. The third-order valence-electron chi connectivity index (χ3n) is 3.31. The fourth-order valence-electron chi connectivity index (χ4n) is 2.18. The molecular weight excluding hydrogens is 338 g/mol. The lowest BCUT2D eigenvalue weighted by molar-refractivity contribution is -0.384. The molecule has 1 heterocycles. The van der Waals surface area contributed by atoms with Gasteiger partial charge in [-0.3, -0.25) is 14.9 Å². The summed E-state index contributed by atoms with van der Waals surface area (Å²) < 4.78 is 0. The minimum Gasteiger partial charge on any atom is -0.312 e. The zero-order valence-corrected chi connectivity index (χ0v) is 13.9.